The van der Waals surface area contributed by atoms with Gasteiger partial charge in [0, 0.05) is 12.1 Å². The molecule has 1 aliphatic carbocycles. The number of halogens is 1. The van der Waals surface area contributed by atoms with Crippen molar-refractivity contribution in [2.75, 3.05) is 0 Å². The molecule has 0 saturated heterocycles. The summed E-state index contributed by atoms with van der Waals surface area (Å²) in [6.45, 7) is 6.50. The lowest BCUT2D eigenvalue weighted by atomic mass is 9.80. The van der Waals surface area contributed by atoms with Gasteiger partial charge in [0.05, 0.1) is 5.69 Å². The Morgan fingerprint density at radius 3 is 2.50 bits per heavy atom. The minimum Gasteiger partial charge on any atom is -0.260 e. The highest BCUT2D eigenvalue weighted by atomic mass is 19.1. The van der Waals surface area contributed by atoms with E-state index in [0.29, 0.717) is 18.8 Å². The van der Waals surface area contributed by atoms with Crippen LogP contribution >= 0.6 is 0 Å². The molecule has 2 aromatic carbocycles. The van der Waals surface area contributed by atoms with E-state index >= 15 is 0 Å². The first kappa shape index (κ1) is 17.2. The molecule has 26 heavy (non-hydrogen) atoms. The first-order chi connectivity index (χ1) is 12.7. The van der Waals surface area contributed by atoms with Crippen LogP contribution in [0.1, 0.15) is 60.8 Å². The van der Waals surface area contributed by atoms with Gasteiger partial charge in [-0.25, -0.2) is 4.39 Å². The molecule has 2 heteroatoms. The Hall–Kier alpha value is -2.22. The van der Waals surface area contributed by atoms with Gasteiger partial charge in [0.1, 0.15) is 6.17 Å². The van der Waals surface area contributed by atoms with Crippen LogP contribution in [0.4, 0.5) is 10.1 Å². The van der Waals surface area contributed by atoms with Crippen molar-refractivity contribution in [2.24, 2.45) is 10.9 Å². The molecule has 2 aliphatic rings. The lowest BCUT2D eigenvalue weighted by molar-refractivity contribution is 0.230. The van der Waals surface area contributed by atoms with Crippen LogP contribution in [0.2, 0.25) is 0 Å². The molecule has 1 unspecified atom stereocenters. The monoisotopic (exact) mass is 347 g/mol. The molecule has 0 radical (unpaired) electrons. The molecule has 1 heterocycles. The predicted molar refractivity (Wildman–Crippen MR) is 108 cm³/mol. The van der Waals surface area contributed by atoms with Crippen LogP contribution in [0.25, 0.3) is 5.57 Å². The van der Waals surface area contributed by atoms with E-state index in [0.717, 1.165) is 36.1 Å². The van der Waals surface area contributed by atoms with Crippen molar-refractivity contribution in [1.82, 2.24) is 0 Å². The molecule has 0 amide bonds. The van der Waals surface area contributed by atoms with Crippen molar-refractivity contribution in [3.63, 3.8) is 0 Å². The maximum absolute atomic E-state index is 13.4. The number of hydrogen-bond acceptors (Lipinski definition) is 1. The van der Waals surface area contributed by atoms with Gasteiger partial charge < -0.3 is 0 Å². The Morgan fingerprint density at radius 2 is 1.81 bits per heavy atom. The molecule has 0 N–H and O–H groups in total. The van der Waals surface area contributed by atoms with Crippen molar-refractivity contribution < 1.29 is 4.39 Å². The first-order valence-electron chi connectivity index (χ1n) is 9.76. The zero-order valence-electron chi connectivity index (χ0n) is 15.4. The Labute approximate surface area is 155 Å². The Kier molecular flexibility index (Phi) is 4.76. The van der Waals surface area contributed by atoms with Crippen molar-refractivity contribution in [3.05, 3.63) is 71.3 Å². The molecule has 2 aromatic rings. The van der Waals surface area contributed by atoms with Gasteiger partial charge in [0.25, 0.3) is 0 Å². The molecule has 4 rings (SSSR count). The highest BCUT2D eigenvalue weighted by Gasteiger charge is 2.25. The summed E-state index contributed by atoms with van der Waals surface area (Å²) in [6.07, 6.45) is 5.64. The summed E-state index contributed by atoms with van der Waals surface area (Å²) in [6, 6.07) is 15.4. The zero-order valence-corrected chi connectivity index (χ0v) is 15.4. The summed E-state index contributed by atoms with van der Waals surface area (Å²) >= 11 is 0. The smallest absolute Gasteiger partial charge is 0.100 e. The van der Waals surface area contributed by atoms with Crippen molar-refractivity contribution in [3.8, 4) is 0 Å². The minimum absolute atomic E-state index is 0.236. The van der Waals surface area contributed by atoms with E-state index in [1.807, 2.05) is 6.21 Å². The summed E-state index contributed by atoms with van der Waals surface area (Å²) in [4.78, 5) is 4.67. The number of nitrogens with zero attached hydrogens (tertiary/aromatic N) is 1. The largest absolute Gasteiger partial charge is 0.260 e. The highest BCUT2D eigenvalue weighted by Crippen LogP contribution is 2.41. The van der Waals surface area contributed by atoms with Gasteiger partial charge in [-0.1, -0.05) is 49.9 Å². The number of rotatable bonds is 4. The average Bonchev–Trinajstić information content (AvgIpc) is 3.11. The van der Waals surface area contributed by atoms with Crippen LogP contribution in [-0.2, 0) is 6.42 Å². The van der Waals surface area contributed by atoms with Gasteiger partial charge in [-0.3, -0.25) is 4.99 Å². The van der Waals surface area contributed by atoms with Gasteiger partial charge in [0.15, 0.2) is 0 Å². The van der Waals surface area contributed by atoms with Crippen LogP contribution in [-0.4, -0.2) is 12.4 Å². The highest BCUT2D eigenvalue weighted by molar-refractivity contribution is 5.85. The summed E-state index contributed by atoms with van der Waals surface area (Å²) in [7, 11) is 0. The van der Waals surface area contributed by atoms with Crippen molar-refractivity contribution in [1.29, 1.82) is 0 Å². The lowest BCUT2D eigenvalue weighted by Gasteiger charge is -2.26. The predicted octanol–water partition coefficient (Wildman–Crippen LogP) is 6.64. The van der Waals surface area contributed by atoms with E-state index in [4.69, 9.17) is 0 Å². The molecule has 0 spiro atoms. The number of fused-ring (bicyclic) bond motifs is 1. The fourth-order valence-corrected chi connectivity index (χ4v) is 4.22. The Bertz CT molecular complexity index is 826. The number of hydrogen-bond donors (Lipinski definition) is 0. The van der Waals surface area contributed by atoms with E-state index in [2.05, 4.69) is 61.0 Å². The molecule has 1 fully saturated rings. The molecular weight excluding hydrogens is 321 g/mol. The second kappa shape index (κ2) is 7.19. The quantitative estimate of drug-likeness (QED) is 0.588. The molecule has 1 nitrogen and oxygen atoms in total. The van der Waals surface area contributed by atoms with Gasteiger partial charge in [-0.15, -0.1) is 0 Å². The molecular formula is C24H26FN. The van der Waals surface area contributed by atoms with Crippen molar-refractivity contribution >= 4 is 17.5 Å². The number of aryl methyl sites for hydroxylation is 1. The topological polar surface area (TPSA) is 12.4 Å². The van der Waals surface area contributed by atoms with Gasteiger partial charge in [0.2, 0.25) is 0 Å². The van der Waals surface area contributed by atoms with Crippen LogP contribution in [0.3, 0.4) is 0 Å². The normalized spacial score (nSPS) is 24.5. The molecule has 1 atom stereocenters. The molecule has 1 aliphatic heterocycles. The first-order valence-corrected chi connectivity index (χ1v) is 9.76. The zero-order chi connectivity index (χ0) is 18.1. The maximum atomic E-state index is 13.4. The number of aliphatic imine (C=N–C) groups is 1. The average molecular weight is 347 g/mol. The minimum atomic E-state index is -0.622. The molecule has 1 saturated carbocycles. The van der Waals surface area contributed by atoms with Crippen LogP contribution in [0.15, 0.2) is 54.0 Å². The van der Waals surface area contributed by atoms with Crippen LogP contribution in [0, 0.1) is 5.92 Å². The van der Waals surface area contributed by atoms with Crippen LogP contribution in [0.5, 0.6) is 0 Å². The Morgan fingerprint density at radius 1 is 1.08 bits per heavy atom. The fraction of sp³-hybridized carbons (Fsp3) is 0.375. The molecule has 0 aromatic heterocycles. The van der Waals surface area contributed by atoms with E-state index in [1.54, 1.807) is 0 Å². The van der Waals surface area contributed by atoms with Gasteiger partial charge >= 0.3 is 0 Å². The van der Waals surface area contributed by atoms with E-state index in [-0.39, 0.29) is 5.92 Å². The third-order valence-corrected chi connectivity index (χ3v) is 6.00. The summed E-state index contributed by atoms with van der Waals surface area (Å²) in [5.41, 5.74) is 7.26. The number of alkyl halides is 1. The van der Waals surface area contributed by atoms with Gasteiger partial charge in [-0.05, 0) is 71.9 Å². The van der Waals surface area contributed by atoms with E-state index in [9.17, 15) is 4.39 Å². The third-order valence-electron chi connectivity index (χ3n) is 6.00. The van der Waals surface area contributed by atoms with Crippen LogP contribution < -0.4 is 0 Å². The lowest BCUT2D eigenvalue weighted by Crippen LogP contribution is -2.15. The molecule has 0 bridgehead atoms. The van der Waals surface area contributed by atoms with E-state index in [1.165, 1.54) is 16.7 Å². The SMILES string of the molecule is C=C(c1ccc2c(c1)N=CC2c1ccc(CC)cc1)C1CCC(F)CC1. The summed E-state index contributed by atoms with van der Waals surface area (Å²) in [5.74, 6) is 0.642. The Balaban J connectivity index is 1.54. The number of allylic oxidation sites excluding steroid dienone is 1. The standard InChI is InChI=1S/C24H26FN/c1-3-17-4-6-19(7-5-17)23-15-26-24-14-20(10-13-22(23)24)16(2)18-8-11-21(25)12-9-18/h4-7,10,13-15,18,21,23H,2-3,8-9,11-12H2,1H3. The fourth-order valence-electron chi connectivity index (χ4n) is 4.22. The molecule has 134 valence electrons. The summed E-state index contributed by atoms with van der Waals surface area (Å²) in [5, 5.41) is 0. The van der Waals surface area contributed by atoms with Gasteiger partial charge in [-0.2, -0.15) is 0 Å². The summed E-state index contributed by atoms with van der Waals surface area (Å²) < 4.78 is 13.4. The number of benzene rings is 2. The third kappa shape index (κ3) is 3.25. The van der Waals surface area contributed by atoms with E-state index < -0.39 is 6.17 Å². The van der Waals surface area contributed by atoms with Crippen molar-refractivity contribution in [2.45, 2.75) is 51.1 Å². The second-order valence-electron chi connectivity index (χ2n) is 7.60. The second-order valence-corrected chi connectivity index (χ2v) is 7.60. The maximum Gasteiger partial charge on any atom is 0.100 e.